The van der Waals surface area contributed by atoms with Crippen LogP contribution in [0.1, 0.15) is 38.2 Å². The van der Waals surface area contributed by atoms with E-state index in [0.29, 0.717) is 0 Å². The van der Waals surface area contributed by atoms with Gasteiger partial charge in [-0.3, -0.25) is 0 Å². The Morgan fingerprint density at radius 1 is 1.14 bits per heavy atom. The van der Waals surface area contributed by atoms with Crippen LogP contribution in [0.15, 0.2) is 24.3 Å². The van der Waals surface area contributed by atoms with Gasteiger partial charge in [0.25, 0.3) is 0 Å². The zero-order valence-electron chi connectivity index (χ0n) is 8.70. The summed E-state index contributed by atoms with van der Waals surface area (Å²) in [6.07, 6.45) is 1.28. The van der Waals surface area contributed by atoms with Crippen molar-refractivity contribution in [3.05, 3.63) is 35.6 Å². The summed E-state index contributed by atoms with van der Waals surface area (Å²) < 4.78 is 12.7. The Kier molecular flexibility index (Phi) is 4.08. The van der Waals surface area contributed by atoms with Gasteiger partial charge in [-0.05, 0) is 30.5 Å². The van der Waals surface area contributed by atoms with Crippen LogP contribution in [0.3, 0.4) is 0 Å². The minimum atomic E-state index is -0.328. The number of halogens is 1. The lowest BCUT2D eigenvalue weighted by molar-refractivity contribution is 0.136. The van der Waals surface area contributed by atoms with Gasteiger partial charge < -0.3 is 5.11 Å². The van der Waals surface area contributed by atoms with Crippen LogP contribution < -0.4 is 0 Å². The number of aliphatic hydroxyl groups is 1. The summed E-state index contributed by atoms with van der Waals surface area (Å²) in [4.78, 5) is 0. The zero-order valence-corrected chi connectivity index (χ0v) is 8.70. The quantitative estimate of drug-likeness (QED) is 0.784. The highest BCUT2D eigenvalue weighted by Gasteiger charge is 2.17. The molecule has 0 spiro atoms. The molecule has 0 heterocycles. The third-order valence-electron chi connectivity index (χ3n) is 2.62. The van der Waals surface area contributed by atoms with Crippen LogP contribution in [-0.2, 0) is 0 Å². The normalized spacial score (nSPS) is 15.1. The van der Waals surface area contributed by atoms with Crippen molar-refractivity contribution in [1.82, 2.24) is 0 Å². The fraction of sp³-hybridized carbons (Fsp3) is 0.500. The number of hydrogen-bond donors (Lipinski definition) is 1. The average Bonchev–Trinajstić information content (AvgIpc) is 2.21. The van der Waals surface area contributed by atoms with E-state index >= 15 is 0 Å². The smallest absolute Gasteiger partial charge is 0.123 e. The summed E-state index contributed by atoms with van der Waals surface area (Å²) in [7, 11) is 0. The van der Waals surface area contributed by atoms with Crippen molar-refractivity contribution in [2.45, 2.75) is 38.7 Å². The van der Waals surface area contributed by atoms with E-state index in [4.69, 9.17) is 0 Å². The minimum Gasteiger partial charge on any atom is -0.393 e. The molecular formula is C12H17FO. The molecule has 0 saturated heterocycles. The third kappa shape index (κ3) is 2.55. The molecule has 1 rings (SSSR count). The van der Waals surface area contributed by atoms with Gasteiger partial charge in [-0.15, -0.1) is 0 Å². The lowest BCUT2D eigenvalue weighted by atomic mass is 9.90. The molecule has 0 aliphatic heterocycles. The van der Waals surface area contributed by atoms with Gasteiger partial charge in [0, 0.05) is 5.92 Å². The molecule has 0 aromatic heterocycles. The maximum Gasteiger partial charge on any atom is 0.123 e. The summed E-state index contributed by atoms with van der Waals surface area (Å²) in [5.74, 6) is -0.102. The summed E-state index contributed by atoms with van der Waals surface area (Å²) in [6, 6.07) is 6.39. The number of aliphatic hydroxyl groups excluding tert-OH is 1. The number of benzene rings is 1. The van der Waals surface area contributed by atoms with Crippen molar-refractivity contribution in [2.24, 2.45) is 0 Å². The monoisotopic (exact) mass is 196 g/mol. The molecule has 14 heavy (non-hydrogen) atoms. The maximum absolute atomic E-state index is 12.7. The van der Waals surface area contributed by atoms with Crippen molar-refractivity contribution < 1.29 is 9.50 Å². The zero-order chi connectivity index (χ0) is 10.6. The van der Waals surface area contributed by atoms with Crippen molar-refractivity contribution >= 4 is 0 Å². The third-order valence-corrected chi connectivity index (χ3v) is 2.62. The molecule has 1 N–H and O–H groups in total. The van der Waals surface area contributed by atoms with E-state index in [-0.39, 0.29) is 17.8 Å². The predicted molar refractivity (Wildman–Crippen MR) is 55.7 cm³/mol. The van der Waals surface area contributed by atoms with Crippen LogP contribution >= 0.6 is 0 Å². The second-order valence-corrected chi connectivity index (χ2v) is 3.54. The van der Waals surface area contributed by atoms with Crippen LogP contribution in [0.5, 0.6) is 0 Å². The Morgan fingerprint density at radius 3 is 2.14 bits per heavy atom. The molecule has 0 aliphatic rings. The Balaban J connectivity index is 2.84. The molecule has 0 bridgehead atoms. The Bertz CT molecular complexity index is 268. The molecule has 2 atom stereocenters. The van der Waals surface area contributed by atoms with Gasteiger partial charge in [-0.1, -0.05) is 26.0 Å². The van der Waals surface area contributed by atoms with E-state index < -0.39 is 0 Å². The minimum absolute atomic E-state index is 0.126. The molecule has 0 saturated carbocycles. The van der Waals surface area contributed by atoms with Crippen molar-refractivity contribution in [3.8, 4) is 0 Å². The molecule has 78 valence electrons. The van der Waals surface area contributed by atoms with E-state index in [2.05, 4.69) is 0 Å². The van der Waals surface area contributed by atoms with Gasteiger partial charge in [0.2, 0.25) is 0 Å². The highest BCUT2D eigenvalue weighted by atomic mass is 19.1. The van der Waals surface area contributed by atoms with E-state index in [0.717, 1.165) is 18.4 Å². The fourth-order valence-electron chi connectivity index (χ4n) is 1.72. The summed E-state index contributed by atoms with van der Waals surface area (Å²) in [5.41, 5.74) is 1.02. The first kappa shape index (κ1) is 11.2. The fourth-order valence-corrected chi connectivity index (χ4v) is 1.72. The second kappa shape index (κ2) is 5.11. The van der Waals surface area contributed by atoms with Crippen LogP contribution in [-0.4, -0.2) is 11.2 Å². The summed E-state index contributed by atoms with van der Waals surface area (Å²) >= 11 is 0. The highest BCUT2D eigenvalue weighted by Crippen LogP contribution is 2.25. The van der Waals surface area contributed by atoms with Gasteiger partial charge >= 0.3 is 0 Å². The molecule has 0 radical (unpaired) electrons. The molecule has 1 aromatic carbocycles. The molecule has 1 aromatic rings. The topological polar surface area (TPSA) is 20.2 Å². The van der Waals surface area contributed by atoms with Crippen molar-refractivity contribution in [1.29, 1.82) is 0 Å². The SMILES string of the molecule is CCC(O)C(CC)c1ccc(F)cc1. The van der Waals surface area contributed by atoms with Crippen LogP contribution in [0.25, 0.3) is 0 Å². The molecule has 0 fully saturated rings. The van der Waals surface area contributed by atoms with Gasteiger partial charge in [0.05, 0.1) is 6.10 Å². The first-order valence-corrected chi connectivity index (χ1v) is 5.12. The predicted octanol–water partition coefficient (Wildman–Crippen LogP) is 3.09. The summed E-state index contributed by atoms with van der Waals surface area (Å²) in [5, 5.41) is 9.75. The van der Waals surface area contributed by atoms with Crippen LogP contribution in [0.2, 0.25) is 0 Å². The molecule has 0 amide bonds. The first-order chi connectivity index (χ1) is 6.69. The van der Waals surface area contributed by atoms with Crippen LogP contribution in [0.4, 0.5) is 4.39 Å². The van der Waals surface area contributed by atoms with Gasteiger partial charge in [-0.2, -0.15) is 0 Å². The Labute approximate surface area is 84.6 Å². The molecular weight excluding hydrogens is 179 g/mol. The van der Waals surface area contributed by atoms with Crippen LogP contribution in [0, 0.1) is 5.82 Å². The first-order valence-electron chi connectivity index (χ1n) is 5.12. The van der Waals surface area contributed by atoms with Crippen molar-refractivity contribution in [3.63, 3.8) is 0 Å². The number of hydrogen-bond acceptors (Lipinski definition) is 1. The maximum atomic E-state index is 12.7. The Morgan fingerprint density at radius 2 is 1.71 bits per heavy atom. The summed E-state index contributed by atoms with van der Waals surface area (Å²) in [6.45, 7) is 3.99. The molecule has 1 nitrogen and oxygen atoms in total. The van der Waals surface area contributed by atoms with E-state index in [1.54, 1.807) is 12.1 Å². The van der Waals surface area contributed by atoms with Gasteiger partial charge in [0.15, 0.2) is 0 Å². The van der Waals surface area contributed by atoms with E-state index in [1.807, 2.05) is 13.8 Å². The largest absolute Gasteiger partial charge is 0.393 e. The molecule has 2 heteroatoms. The lowest BCUT2D eigenvalue weighted by Crippen LogP contribution is -2.16. The molecule has 0 aliphatic carbocycles. The standard InChI is InChI=1S/C12H17FO/c1-3-11(12(14)4-2)9-5-7-10(13)8-6-9/h5-8,11-12,14H,3-4H2,1-2H3. The van der Waals surface area contributed by atoms with Gasteiger partial charge in [0.1, 0.15) is 5.82 Å². The highest BCUT2D eigenvalue weighted by molar-refractivity contribution is 5.21. The number of rotatable bonds is 4. The van der Waals surface area contributed by atoms with E-state index in [1.165, 1.54) is 12.1 Å². The second-order valence-electron chi connectivity index (χ2n) is 3.54. The lowest BCUT2D eigenvalue weighted by Gasteiger charge is -2.20. The Hall–Kier alpha value is -0.890. The van der Waals surface area contributed by atoms with E-state index in [9.17, 15) is 9.50 Å². The molecule has 2 unspecified atom stereocenters. The van der Waals surface area contributed by atoms with Crippen molar-refractivity contribution in [2.75, 3.05) is 0 Å². The van der Waals surface area contributed by atoms with Gasteiger partial charge in [-0.25, -0.2) is 4.39 Å². The average molecular weight is 196 g/mol.